The highest BCUT2D eigenvalue weighted by atomic mass is 32.2. The molecule has 5 aromatic carbocycles. The molecule has 7 heteroatoms. The van der Waals surface area contributed by atoms with Crippen molar-refractivity contribution in [1.82, 2.24) is 4.40 Å². The normalized spacial score (nSPS) is 12.8. The molecule has 2 aromatic heterocycles. The monoisotopic (exact) mass is 578 g/mol. The third kappa shape index (κ3) is 3.46. The number of hydrogen-bond donors (Lipinski definition) is 0. The summed E-state index contributed by atoms with van der Waals surface area (Å²) >= 11 is 1.74. The van der Waals surface area contributed by atoms with Crippen molar-refractivity contribution >= 4 is 87.7 Å². The summed E-state index contributed by atoms with van der Waals surface area (Å²) in [5.41, 5.74) is 10.2. The predicted octanol–water partition coefficient (Wildman–Crippen LogP) is 6.42. The Hall–Kier alpha value is -4.25. The summed E-state index contributed by atoms with van der Waals surface area (Å²) in [5.74, 6) is 0. The fourth-order valence-corrected chi connectivity index (χ4v) is 8.39. The quantitative estimate of drug-likeness (QED) is 0.103. The Morgan fingerprint density at radius 2 is 1.38 bits per heavy atom. The van der Waals surface area contributed by atoms with Gasteiger partial charge in [-0.15, -0.1) is 0 Å². The van der Waals surface area contributed by atoms with Gasteiger partial charge in [-0.3, -0.25) is 9.59 Å². The summed E-state index contributed by atoms with van der Waals surface area (Å²) in [4.78, 5) is 30.2. The SMILES string of the molecule is Cc1cc(C)c(B2c3ccccc3Sc3cc4c(cc32)c(=O)c2cccc3c(=O)c5ccc(N=P)cc5n4c32)c(C)c1. The van der Waals surface area contributed by atoms with Crippen LogP contribution in [0.3, 0.4) is 0 Å². The zero-order valence-electron chi connectivity index (χ0n) is 23.3. The highest BCUT2D eigenvalue weighted by molar-refractivity contribution is 8.00. The third-order valence-electron chi connectivity index (χ3n) is 8.75. The van der Waals surface area contributed by atoms with Gasteiger partial charge in [-0.1, -0.05) is 87.3 Å². The van der Waals surface area contributed by atoms with Crippen LogP contribution >= 0.6 is 20.8 Å². The van der Waals surface area contributed by atoms with Crippen LogP contribution in [-0.4, -0.2) is 11.1 Å². The molecule has 8 rings (SSSR count). The average molecular weight is 578 g/mol. The number of hydrogen-bond acceptors (Lipinski definition) is 4. The minimum Gasteiger partial charge on any atom is -0.307 e. The van der Waals surface area contributed by atoms with E-state index in [0.717, 1.165) is 21.4 Å². The van der Waals surface area contributed by atoms with Gasteiger partial charge in [-0.2, -0.15) is 0 Å². The van der Waals surface area contributed by atoms with Gasteiger partial charge >= 0.3 is 0 Å². The minimum absolute atomic E-state index is 0.00217. The van der Waals surface area contributed by atoms with E-state index in [1.165, 1.54) is 32.5 Å². The highest BCUT2D eigenvalue weighted by Crippen LogP contribution is 2.35. The lowest BCUT2D eigenvalue weighted by molar-refractivity contribution is 1.29. The lowest BCUT2D eigenvalue weighted by Gasteiger charge is -2.29. The average Bonchev–Trinajstić information content (AvgIpc) is 2.99. The molecular formula is C35H24BN2O2PS. The Bertz CT molecular complexity index is 2430. The number of nitrogens with zero attached hydrogens (tertiary/aromatic N) is 2. The van der Waals surface area contributed by atoms with E-state index < -0.39 is 0 Å². The number of aryl methyl sites for hydroxylation is 3. The second kappa shape index (κ2) is 9.13. The zero-order valence-corrected chi connectivity index (χ0v) is 25.1. The molecule has 0 atom stereocenters. The largest absolute Gasteiger partial charge is 0.307 e. The molecule has 1 aliphatic rings. The summed E-state index contributed by atoms with van der Waals surface area (Å²) in [6, 6.07) is 28.4. The molecule has 0 unspecified atom stereocenters. The molecule has 0 fully saturated rings. The first-order valence-corrected chi connectivity index (χ1v) is 15.2. The van der Waals surface area contributed by atoms with E-state index in [0.29, 0.717) is 32.7 Å². The van der Waals surface area contributed by atoms with Crippen molar-refractivity contribution in [2.24, 2.45) is 4.74 Å². The fraction of sp³-hybridized carbons (Fsp3) is 0.0857. The molecule has 0 N–H and O–H groups in total. The Balaban J connectivity index is 1.57. The van der Waals surface area contributed by atoms with Crippen LogP contribution in [0.2, 0.25) is 0 Å². The lowest BCUT2D eigenvalue weighted by atomic mass is 9.35. The molecule has 0 saturated heterocycles. The summed E-state index contributed by atoms with van der Waals surface area (Å²) in [6.45, 7) is 6.51. The number of fused-ring (bicyclic) bond motifs is 6. The number of rotatable bonds is 2. The maximum atomic E-state index is 14.3. The summed E-state index contributed by atoms with van der Waals surface area (Å²) < 4.78 is 6.29. The molecule has 0 radical (unpaired) electrons. The van der Waals surface area contributed by atoms with E-state index in [4.69, 9.17) is 0 Å². The molecule has 4 nitrogen and oxygen atoms in total. The number of aromatic nitrogens is 1. The molecule has 200 valence electrons. The molecule has 0 bridgehead atoms. The van der Waals surface area contributed by atoms with Gasteiger partial charge in [-0.25, -0.2) is 4.74 Å². The first kappa shape index (κ1) is 25.5. The van der Waals surface area contributed by atoms with Gasteiger partial charge < -0.3 is 4.40 Å². The Morgan fingerprint density at radius 1 is 0.690 bits per heavy atom. The summed E-state index contributed by atoms with van der Waals surface area (Å²) in [5, 5.41) is 2.33. The highest BCUT2D eigenvalue weighted by Gasteiger charge is 2.34. The summed E-state index contributed by atoms with van der Waals surface area (Å²) in [7, 11) is 3.27. The third-order valence-corrected chi connectivity index (χ3v) is 10.2. The minimum atomic E-state index is -0.0819. The van der Waals surface area contributed by atoms with E-state index in [9.17, 15) is 9.59 Å². The van der Waals surface area contributed by atoms with Gasteiger partial charge in [0.25, 0.3) is 0 Å². The maximum Gasteiger partial charge on any atom is 0.244 e. The molecule has 0 spiro atoms. The molecule has 3 heterocycles. The van der Waals surface area contributed by atoms with E-state index in [1.807, 2.05) is 36.4 Å². The Kier molecular flexibility index (Phi) is 5.53. The van der Waals surface area contributed by atoms with Crippen molar-refractivity contribution in [3.63, 3.8) is 0 Å². The van der Waals surface area contributed by atoms with Crippen molar-refractivity contribution in [3.8, 4) is 0 Å². The van der Waals surface area contributed by atoms with Crippen LogP contribution in [0.5, 0.6) is 0 Å². The Morgan fingerprint density at radius 3 is 2.12 bits per heavy atom. The van der Waals surface area contributed by atoms with Crippen LogP contribution < -0.4 is 27.2 Å². The molecule has 42 heavy (non-hydrogen) atoms. The molecule has 0 aliphatic carbocycles. The van der Waals surface area contributed by atoms with Crippen LogP contribution in [0.15, 0.2) is 109 Å². The van der Waals surface area contributed by atoms with Crippen LogP contribution in [0.1, 0.15) is 16.7 Å². The first-order valence-electron chi connectivity index (χ1n) is 13.9. The standard InChI is InChI=1S/C35H24BN2O2PS/c1-18-13-19(2)32(20(3)14-18)36-26-9-4-5-10-30(26)42-31-17-29-25(16-27(31)36)35(40)24-8-6-7-23-33(24)38(29)28-15-21(37-41)11-12-22(28)34(23)39/h4-17,41H,1-3H3. The van der Waals surface area contributed by atoms with Crippen LogP contribution in [0.4, 0.5) is 5.69 Å². The molecule has 1 aliphatic heterocycles. The molecule has 0 amide bonds. The zero-order chi connectivity index (χ0) is 28.9. The van der Waals surface area contributed by atoms with Crippen LogP contribution in [0.25, 0.3) is 38.1 Å². The second-order valence-corrected chi connectivity index (χ2v) is 12.6. The van der Waals surface area contributed by atoms with Crippen LogP contribution in [0, 0.1) is 20.8 Å². The fourth-order valence-electron chi connectivity index (χ4n) is 7.10. The van der Waals surface area contributed by atoms with Crippen molar-refractivity contribution in [2.75, 3.05) is 0 Å². The van der Waals surface area contributed by atoms with Crippen molar-refractivity contribution in [1.29, 1.82) is 0 Å². The van der Waals surface area contributed by atoms with Crippen molar-refractivity contribution in [3.05, 3.63) is 122 Å². The second-order valence-electron chi connectivity index (χ2n) is 11.3. The lowest BCUT2D eigenvalue weighted by Crippen LogP contribution is -2.57. The van der Waals surface area contributed by atoms with Gasteiger partial charge in [-0.05, 0) is 72.3 Å². The number of pyridine rings is 2. The Labute approximate surface area is 248 Å². The summed E-state index contributed by atoms with van der Waals surface area (Å²) in [6.07, 6.45) is 0. The van der Waals surface area contributed by atoms with E-state index in [2.05, 4.69) is 87.5 Å². The van der Waals surface area contributed by atoms with Crippen molar-refractivity contribution < 1.29 is 0 Å². The maximum absolute atomic E-state index is 14.3. The topological polar surface area (TPSA) is 50.9 Å². The van der Waals surface area contributed by atoms with Gasteiger partial charge in [0.1, 0.15) is 0 Å². The van der Waals surface area contributed by atoms with Gasteiger partial charge in [0, 0.05) is 31.3 Å². The van der Waals surface area contributed by atoms with Gasteiger partial charge in [0.15, 0.2) is 10.9 Å². The molecule has 0 saturated carbocycles. The number of benzene rings is 5. The van der Waals surface area contributed by atoms with Crippen LogP contribution in [-0.2, 0) is 0 Å². The van der Waals surface area contributed by atoms with E-state index in [-0.39, 0.29) is 17.6 Å². The molecular weight excluding hydrogens is 554 g/mol. The smallest absolute Gasteiger partial charge is 0.244 e. The predicted molar refractivity (Wildman–Crippen MR) is 180 cm³/mol. The molecule has 7 aromatic rings. The first-order chi connectivity index (χ1) is 20.4. The number of para-hydroxylation sites is 1. The van der Waals surface area contributed by atoms with E-state index >= 15 is 0 Å². The van der Waals surface area contributed by atoms with Gasteiger partial charge in [0.2, 0.25) is 6.71 Å². The van der Waals surface area contributed by atoms with Crippen molar-refractivity contribution in [2.45, 2.75) is 30.6 Å². The van der Waals surface area contributed by atoms with E-state index in [1.54, 1.807) is 11.8 Å². The van der Waals surface area contributed by atoms with Gasteiger partial charge in [0.05, 0.1) is 22.2 Å².